The van der Waals surface area contributed by atoms with Gasteiger partial charge in [0.05, 0.1) is 0 Å². The van der Waals surface area contributed by atoms with E-state index in [1.807, 2.05) is 0 Å². The number of hydrogen-bond donors (Lipinski definition) is 2. The summed E-state index contributed by atoms with van der Waals surface area (Å²) in [7, 11) is 0. The molecule has 0 aromatic heterocycles. The van der Waals surface area contributed by atoms with E-state index in [1.165, 1.54) is 11.1 Å². The van der Waals surface area contributed by atoms with Gasteiger partial charge in [0.2, 0.25) is 0 Å². The van der Waals surface area contributed by atoms with Crippen LogP contribution in [0.3, 0.4) is 0 Å². The maximum Gasteiger partial charge on any atom is 0.00453 e. The van der Waals surface area contributed by atoms with E-state index in [9.17, 15) is 0 Å². The first-order valence-corrected chi connectivity index (χ1v) is 6.21. The molecule has 0 aromatic rings. The van der Waals surface area contributed by atoms with E-state index < -0.39 is 0 Å². The molecule has 2 aliphatic carbocycles. The average molecular weight is 206 g/mol. The summed E-state index contributed by atoms with van der Waals surface area (Å²) in [5.74, 6) is 0. The molecule has 0 amide bonds. The largest absolute Gasteiger partial charge is 0.328 e. The van der Waals surface area contributed by atoms with Crippen molar-refractivity contribution in [1.29, 1.82) is 0 Å². The highest BCUT2D eigenvalue weighted by molar-refractivity contribution is 5.13. The zero-order valence-electron chi connectivity index (χ0n) is 9.47. The topological polar surface area (TPSA) is 52.0 Å². The first kappa shape index (κ1) is 10.9. The van der Waals surface area contributed by atoms with Gasteiger partial charge in [-0.2, -0.15) is 0 Å². The molecule has 0 heterocycles. The molecule has 0 bridgehead atoms. The Morgan fingerprint density at radius 1 is 0.733 bits per heavy atom. The Morgan fingerprint density at radius 3 is 1.40 bits per heavy atom. The summed E-state index contributed by atoms with van der Waals surface area (Å²) in [5.41, 5.74) is 18.4. The van der Waals surface area contributed by atoms with Crippen molar-refractivity contribution in [2.45, 2.75) is 63.5 Å². The summed E-state index contributed by atoms with van der Waals surface area (Å²) in [6, 6.07) is 0.862. The molecule has 0 spiro atoms. The van der Waals surface area contributed by atoms with Crippen molar-refractivity contribution in [3.63, 3.8) is 0 Å². The summed E-state index contributed by atoms with van der Waals surface area (Å²) in [6.07, 6.45) is 9.25. The Bertz CT molecular complexity index is 241. The fourth-order valence-electron chi connectivity index (χ4n) is 2.48. The number of hydrogen-bond acceptors (Lipinski definition) is 2. The number of rotatable bonds is 0. The highest BCUT2D eigenvalue weighted by atomic mass is 14.6. The lowest BCUT2D eigenvalue weighted by molar-refractivity contribution is 0.503. The number of nitrogens with two attached hydrogens (primary N) is 2. The minimum absolute atomic E-state index is 0.431. The Morgan fingerprint density at radius 2 is 1.07 bits per heavy atom. The van der Waals surface area contributed by atoms with Crippen molar-refractivity contribution >= 4 is 0 Å². The summed E-state index contributed by atoms with van der Waals surface area (Å²) in [6.45, 7) is 0. The van der Waals surface area contributed by atoms with E-state index in [1.54, 1.807) is 0 Å². The molecule has 4 N–H and O–H groups in total. The van der Waals surface area contributed by atoms with E-state index in [4.69, 9.17) is 11.5 Å². The molecule has 84 valence electrons. The van der Waals surface area contributed by atoms with E-state index in [0.717, 1.165) is 51.4 Å². The van der Waals surface area contributed by atoms with Crippen LogP contribution in [0.5, 0.6) is 0 Å². The monoisotopic (exact) mass is 206 g/mol. The van der Waals surface area contributed by atoms with Gasteiger partial charge in [0, 0.05) is 12.1 Å². The summed E-state index contributed by atoms with van der Waals surface area (Å²) >= 11 is 0. The van der Waals surface area contributed by atoms with Gasteiger partial charge in [-0.3, -0.25) is 0 Å². The smallest absolute Gasteiger partial charge is 0.00453 e. The van der Waals surface area contributed by atoms with E-state index in [2.05, 4.69) is 5.73 Å². The molecule has 2 nitrogen and oxygen atoms in total. The quantitative estimate of drug-likeness (QED) is 0.597. The van der Waals surface area contributed by atoms with Crippen LogP contribution >= 0.6 is 0 Å². The van der Waals surface area contributed by atoms with Crippen LogP contribution in [-0.2, 0) is 0 Å². The van der Waals surface area contributed by atoms with Gasteiger partial charge < -0.3 is 11.5 Å². The van der Waals surface area contributed by atoms with Crippen LogP contribution in [-0.4, -0.2) is 12.1 Å². The molecule has 2 heteroatoms. The molecule has 0 saturated heterocycles. The zero-order chi connectivity index (χ0) is 10.7. The molecule has 2 rings (SSSR count). The lowest BCUT2D eigenvalue weighted by Gasteiger charge is -2.21. The Balaban J connectivity index is 1.98. The third kappa shape index (κ3) is 3.20. The molecule has 0 aliphatic heterocycles. The minimum Gasteiger partial charge on any atom is -0.328 e. The Hall–Kier alpha value is -0.560. The standard InChI is InChI=1S/C13H22N2/c14-12-5-1-10(2-6-12)9-11-3-7-13(15)8-4-11/h12-13H,1-8,14-15H2. The zero-order valence-corrected chi connectivity index (χ0v) is 9.47. The van der Waals surface area contributed by atoms with Crippen LogP contribution in [0.1, 0.15) is 51.4 Å². The van der Waals surface area contributed by atoms with Gasteiger partial charge in [0.15, 0.2) is 0 Å². The predicted molar refractivity (Wildman–Crippen MR) is 63.4 cm³/mol. The number of allylic oxidation sites excluding steroid dienone is 1. The van der Waals surface area contributed by atoms with Crippen molar-refractivity contribution in [1.82, 2.24) is 0 Å². The second-order valence-corrected chi connectivity index (χ2v) is 5.01. The molecule has 0 atom stereocenters. The molecule has 0 radical (unpaired) electrons. The predicted octanol–water partition coefficient (Wildman–Crippen LogP) is 2.24. The van der Waals surface area contributed by atoms with Crippen LogP contribution < -0.4 is 11.5 Å². The van der Waals surface area contributed by atoms with Gasteiger partial charge in [-0.25, -0.2) is 0 Å². The van der Waals surface area contributed by atoms with Crippen molar-refractivity contribution < 1.29 is 0 Å². The van der Waals surface area contributed by atoms with Gasteiger partial charge in [-0.05, 0) is 62.5 Å². The van der Waals surface area contributed by atoms with Gasteiger partial charge in [0.1, 0.15) is 0 Å². The van der Waals surface area contributed by atoms with Crippen molar-refractivity contribution in [3.8, 4) is 0 Å². The SMILES string of the molecule is NC1CCC(=C=C2CCC(N)CC2)CC1. The van der Waals surface area contributed by atoms with Crippen LogP contribution in [0.2, 0.25) is 0 Å². The van der Waals surface area contributed by atoms with Gasteiger partial charge in [-0.15, -0.1) is 5.73 Å². The second-order valence-electron chi connectivity index (χ2n) is 5.01. The first-order chi connectivity index (χ1) is 7.24. The molecule has 2 aliphatic rings. The summed E-state index contributed by atoms with van der Waals surface area (Å²) in [5, 5.41) is 0. The van der Waals surface area contributed by atoms with Gasteiger partial charge in [-0.1, -0.05) is 0 Å². The molecular formula is C13H22N2. The first-order valence-electron chi connectivity index (χ1n) is 6.21. The Labute approximate surface area is 92.4 Å². The minimum atomic E-state index is 0.431. The summed E-state index contributed by atoms with van der Waals surface area (Å²) < 4.78 is 0. The average Bonchev–Trinajstić information content (AvgIpc) is 2.25. The van der Waals surface area contributed by atoms with Crippen molar-refractivity contribution in [3.05, 3.63) is 16.9 Å². The van der Waals surface area contributed by atoms with Crippen molar-refractivity contribution in [2.24, 2.45) is 11.5 Å². The van der Waals surface area contributed by atoms with Crippen LogP contribution in [0.15, 0.2) is 16.9 Å². The molecular weight excluding hydrogens is 184 g/mol. The normalized spacial score (nSPS) is 32.7. The van der Waals surface area contributed by atoms with Crippen LogP contribution in [0.25, 0.3) is 0 Å². The molecule has 0 unspecified atom stereocenters. The van der Waals surface area contributed by atoms with Gasteiger partial charge in [0.25, 0.3) is 0 Å². The third-order valence-corrected chi connectivity index (χ3v) is 3.62. The van der Waals surface area contributed by atoms with Crippen LogP contribution in [0.4, 0.5) is 0 Å². The van der Waals surface area contributed by atoms with Crippen molar-refractivity contribution in [2.75, 3.05) is 0 Å². The molecule has 15 heavy (non-hydrogen) atoms. The Kier molecular flexibility index (Phi) is 3.63. The van der Waals surface area contributed by atoms with E-state index in [-0.39, 0.29) is 0 Å². The maximum atomic E-state index is 5.88. The lowest BCUT2D eigenvalue weighted by Crippen LogP contribution is -2.24. The third-order valence-electron chi connectivity index (χ3n) is 3.62. The maximum absolute atomic E-state index is 5.88. The summed E-state index contributed by atoms with van der Waals surface area (Å²) in [4.78, 5) is 0. The molecule has 2 saturated carbocycles. The van der Waals surface area contributed by atoms with Crippen LogP contribution in [0, 0.1) is 0 Å². The fourth-order valence-corrected chi connectivity index (χ4v) is 2.48. The second kappa shape index (κ2) is 4.98. The molecule has 0 aromatic carbocycles. The molecule has 2 fully saturated rings. The highest BCUT2D eigenvalue weighted by Crippen LogP contribution is 2.25. The van der Waals surface area contributed by atoms with E-state index >= 15 is 0 Å². The highest BCUT2D eigenvalue weighted by Gasteiger charge is 2.14. The lowest BCUT2D eigenvalue weighted by atomic mass is 9.88. The fraction of sp³-hybridized carbons (Fsp3) is 0.769. The van der Waals surface area contributed by atoms with Gasteiger partial charge >= 0.3 is 0 Å². The van der Waals surface area contributed by atoms with E-state index in [0.29, 0.717) is 12.1 Å².